The molecular formula is C44H67N5O14S. The Morgan fingerprint density at radius 2 is 1.36 bits per heavy atom. The van der Waals surface area contributed by atoms with E-state index in [9.17, 15) is 33.6 Å². The summed E-state index contributed by atoms with van der Waals surface area (Å²) in [6.07, 6.45) is 6.40. The van der Waals surface area contributed by atoms with Crippen LogP contribution < -0.4 is 21.3 Å². The van der Waals surface area contributed by atoms with Crippen LogP contribution in [0.5, 0.6) is 0 Å². The van der Waals surface area contributed by atoms with Crippen LogP contribution in [0.4, 0.5) is 5.69 Å². The molecule has 0 bridgehead atoms. The van der Waals surface area contributed by atoms with E-state index in [1.165, 1.54) is 16.7 Å². The average Bonchev–Trinajstić information content (AvgIpc) is 3.84. The number of imide groups is 1. The first-order valence-corrected chi connectivity index (χ1v) is 23.5. The van der Waals surface area contributed by atoms with Gasteiger partial charge in [0.05, 0.1) is 77.9 Å². The molecule has 1 aliphatic carbocycles. The zero-order valence-corrected chi connectivity index (χ0v) is 37.6. The lowest BCUT2D eigenvalue weighted by Gasteiger charge is -2.30. The number of carbonyl (C=O) groups is 7. The molecule has 0 spiro atoms. The molecule has 4 rings (SSSR count). The summed E-state index contributed by atoms with van der Waals surface area (Å²) in [5, 5.41) is 19.3. The third-order valence-electron chi connectivity index (χ3n) is 10.9. The first-order chi connectivity index (χ1) is 31.1. The van der Waals surface area contributed by atoms with E-state index in [0.29, 0.717) is 123 Å². The lowest BCUT2D eigenvalue weighted by atomic mass is 9.81. The second-order valence-corrected chi connectivity index (χ2v) is 17.2. The van der Waals surface area contributed by atoms with E-state index in [-0.39, 0.29) is 73.3 Å². The van der Waals surface area contributed by atoms with Crippen molar-refractivity contribution >= 4 is 58.9 Å². The van der Waals surface area contributed by atoms with Crippen LogP contribution in [-0.2, 0) is 62.0 Å². The van der Waals surface area contributed by atoms with E-state index in [1.54, 1.807) is 12.1 Å². The Hall–Kier alpha value is -4.18. The minimum Gasteiger partial charge on any atom is -0.480 e. The van der Waals surface area contributed by atoms with Gasteiger partial charge in [-0.25, -0.2) is 4.79 Å². The summed E-state index contributed by atoms with van der Waals surface area (Å²) in [5.41, 5.74) is 0.623. The van der Waals surface area contributed by atoms with Gasteiger partial charge in [-0.2, -0.15) is 0 Å². The highest BCUT2D eigenvalue weighted by Gasteiger charge is 2.40. The molecule has 0 aromatic heterocycles. The number of nitrogens with one attached hydrogen (secondary N) is 4. The van der Waals surface area contributed by atoms with Crippen molar-refractivity contribution in [2.75, 3.05) is 103 Å². The lowest BCUT2D eigenvalue weighted by molar-refractivity contribution is -0.143. The second-order valence-electron chi connectivity index (χ2n) is 15.8. The van der Waals surface area contributed by atoms with Crippen LogP contribution in [-0.4, -0.2) is 167 Å². The van der Waals surface area contributed by atoms with E-state index < -0.39 is 23.3 Å². The molecule has 3 fully saturated rings. The van der Waals surface area contributed by atoms with Crippen LogP contribution in [0.15, 0.2) is 30.3 Å². The van der Waals surface area contributed by atoms with Gasteiger partial charge in [-0.1, -0.05) is 31.0 Å². The predicted octanol–water partition coefficient (Wildman–Crippen LogP) is 1.92. The molecular weight excluding hydrogens is 855 g/mol. The third kappa shape index (κ3) is 20.8. The van der Waals surface area contributed by atoms with Crippen molar-refractivity contribution in [2.45, 2.75) is 88.0 Å². The molecule has 1 saturated carbocycles. The Balaban J connectivity index is 0.974. The number of nitrogens with zero attached hydrogens (tertiary/aromatic N) is 1. The summed E-state index contributed by atoms with van der Waals surface area (Å²) in [4.78, 5) is 88.3. The van der Waals surface area contributed by atoms with Crippen LogP contribution in [0.25, 0.3) is 0 Å². The average molecular weight is 922 g/mol. The van der Waals surface area contributed by atoms with Gasteiger partial charge in [0.1, 0.15) is 18.7 Å². The van der Waals surface area contributed by atoms with E-state index in [2.05, 4.69) is 21.3 Å². The molecule has 2 saturated heterocycles. The second kappa shape index (κ2) is 30.9. The number of carboxylic acids is 1. The van der Waals surface area contributed by atoms with Crippen LogP contribution in [0.2, 0.25) is 0 Å². The number of anilines is 1. The third-order valence-corrected chi connectivity index (χ3v) is 12.2. The van der Waals surface area contributed by atoms with Crippen molar-refractivity contribution in [1.29, 1.82) is 0 Å². The topological polar surface area (TPSA) is 246 Å². The highest BCUT2D eigenvalue weighted by Crippen LogP contribution is 2.33. The monoisotopic (exact) mass is 921 g/mol. The first kappa shape index (κ1) is 52.4. The molecule has 20 heteroatoms. The number of carbonyl (C=O) groups excluding carboxylic acids is 6. The Labute approximate surface area is 379 Å². The number of para-hydroxylation sites is 1. The summed E-state index contributed by atoms with van der Waals surface area (Å²) in [6, 6.07) is 7.58. The molecule has 64 heavy (non-hydrogen) atoms. The number of benzene rings is 1. The molecule has 1 aromatic carbocycles. The van der Waals surface area contributed by atoms with Gasteiger partial charge >= 0.3 is 5.97 Å². The largest absolute Gasteiger partial charge is 0.480 e. The molecule has 3 aliphatic rings. The van der Waals surface area contributed by atoms with E-state index in [4.69, 9.17) is 33.5 Å². The highest BCUT2D eigenvalue weighted by atomic mass is 32.2. The highest BCUT2D eigenvalue weighted by molar-refractivity contribution is 8.00. The van der Waals surface area contributed by atoms with E-state index >= 15 is 0 Å². The lowest BCUT2D eigenvalue weighted by Crippen LogP contribution is -2.50. The van der Waals surface area contributed by atoms with Gasteiger partial charge in [0, 0.05) is 37.5 Å². The number of hydrogen-bond donors (Lipinski definition) is 5. The van der Waals surface area contributed by atoms with Crippen molar-refractivity contribution in [2.24, 2.45) is 11.8 Å². The number of hydrogen-bond acceptors (Lipinski definition) is 14. The van der Waals surface area contributed by atoms with Gasteiger partial charge in [0.15, 0.2) is 0 Å². The van der Waals surface area contributed by atoms with Crippen molar-refractivity contribution in [1.82, 2.24) is 20.9 Å². The van der Waals surface area contributed by atoms with Crippen LogP contribution in [0.1, 0.15) is 70.6 Å². The Morgan fingerprint density at radius 3 is 1.95 bits per heavy atom. The molecule has 3 unspecified atom stereocenters. The summed E-state index contributed by atoms with van der Waals surface area (Å²) >= 11 is 1.49. The van der Waals surface area contributed by atoms with E-state index in [0.717, 1.165) is 25.7 Å². The summed E-state index contributed by atoms with van der Waals surface area (Å²) in [6.45, 7) is 4.58. The zero-order chi connectivity index (χ0) is 45.8. The fourth-order valence-electron chi connectivity index (χ4n) is 7.45. The first-order valence-electron chi connectivity index (χ1n) is 22.5. The summed E-state index contributed by atoms with van der Waals surface area (Å²) in [5.74, 6) is -1.46. The fourth-order valence-corrected chi connectivity index (χ4v) is 8.63. The molecule has 5 N–H and O–H groups in total. The van der Waals surface area contributed by atoms with Crippen molar-refractivity contribution in [3.8, 4) is 0 Å². The number of likely N-dealkylation sites (tertiary alicyclic amines) is 1. The zero-order valence-electron chi connectivity index (χ0n) is 36.8. The number of aliphatic carboxylic acids is 1. The minimum absolute atomic E-state index is 0.00545. The Kier molecular flexibility index (Phi) is 25.3. The standard InChI is InChI=1S/C44H67N5O14S/c50-38-15-14-36(47-38)43(56)48-35(42(55)46-34-7-3-1-4-8-34)9-5-2-6-28-64-37-29-39(51)49(44(37)57)30-32-10-12-33(13-11-32)41(54)45-16-17-58-18-19-59-20-21-60-22-23-61-24-25-62-26-27-63-31-40(52)53/h1,3-4,7-8,32-33,35-37H,2,5-6,9-31H2,(H,45,54)(H,46,55)(H,47,50)(H,48,56)(H,52,53). The van der Waals surface area contributed by atoms with Gasteiger partial charge < -0.3 is 54.8 Å². The van der Waals surface area contributed by atoms with Gasteiger partial charge in [0.2, 0.25) is 35.4 Å². The molecule has 358 valence electrons. The van der Waals surface area contributed by atoms with Crippen molar-refractivity contribution in [3.63, 3.8) is 0 Å². The minimum atomic E-state index is -1.01. The number of unbranched alkanes of at least 4 members (excludes halogenated alkanes) is 2. The summed E-state index contributed by atoms with van der Waals surface area (Å²) in [7, 11) is 0. The number of ether oxygens (including phenoxy) is 6. The van der Waals surface area contributed by atoms with Crippen molar-refractivity contribution in [3.05, 3.63) is 30.3 Å². The smallest absolute Gasteiger partial charge is 0.329 e. The van der Waals surface area contributed by atoms with Crippen LogP contribution >= 0.6 is 11.8 Å². The normalized spacial score (nSPS) is 20.2. The maximum Gasteiger partial charge on any atom is 0.329 e. The number of rotatable bonds is 34. The molecule has 19 nitrogen and oxygen atoms in total. The fraction of sp³-hybridized carbons (Fsp3) is 0.705. The number of thioether (sulfide) groups is 1. The quantitative estimate of drug-likeness (QED) is 0.0490. The van der Waals surface area contributed by atoms with Crippen LogP contribution in [0, 0.1) is 11.8 Å². The van der Waals surface area contributed by atoms with Gasteiger partial charge in [-0.3, -0.25) is 33.7 Å². The Bertz CT molecular complexity index is 1600. The van der Waals surface area contributed by atoms with Crippen molar-refractivity contribution < 1.29 is 67.1 Å². The van der Waals surface area contributed by atoms with Gasteiger partial charge in [0.25, 0.3) is 0 Å². The molecule has 0 radical (unpaired) electrons. The molecule has 6 amide bonds. The summed E-state index contributed by atoms with van der Waals surface area (Å²) < 4.78 is 32.0. The van der Waals surface area contributed by atoms with E-state index in [1.807, 2.05) is 18.2 Å². The molecule has 2 heterocycles. The molecule has 2 aliphatic heterocycles. The maximum absolute atomic E-state index is 13.3. The number of carboxylic acid groups (broad SMARTS) is 1. The predicted molar refractivity (Wildman–Crippen MR) is 235 cm³/mol. The molecule has 1 aromatic rings. The SMILES string of the molecule is O=C(O)COCCOCCOCCOCCOCCOCCNC(=O)C1CCC(CN2C(=O)CC(SCCCCCC(NC(=O)C3CCC(=O)N3)C(=O)Nc3ccccc3)C2=O)CC1. The molecule has 3 atom stereocenters. The number of amides is 6. The Morgan fingerprint density at radius 1 is 0.750 bits per heavy atom. The van der Waals surface area contributed by atoms with Gasteiger partial charge in [-0.15, -0.1) is 11.8 Å². The van der Waals surface area contributed by atoms with Gasteiger partial charge in [-0.05, 0) is 68.7 Å². The van der Waals surface area contributed by atoms with Crippen LogP contribution in [0.3, 0.4) is 0 Å². The maximum atomic E-state index is 13.3.